The summed E-state index contributed by atoms with van der Waals surface area (Å²) in [4.78, 5) is 12.6. The Labute approximate surface area is 208 Å². The van der Waals surface area contributed by atoms with Gasteiger partial charge in [0, 0.05) is 31.3 Å². The molecule has 194 valence electrons. The molecule has 2 atom stereocenters. The maximum Gasteiger partial charge on any atom is 0.416 e. The van der Waals surface area contributed by atoms with Gasteiger partial charge in [0.25, 0.3) is 0 Å². The Kier molecular flexibility index (Phi) is 7.07. The van der Waals surface area contributed by atoms with Gasteiger partial charge in [0.1, 0.15) is 23.7 Å². The molecule has 37 heavy (non-hydrogen) atoms. The van der Waals surface area contributed by atoms with Crippen molar-refractivity contribution in [1.29, 1.82) is 0 Å². The van der Waals surface area contributed by atoms with Crippen molar-refractivity contribution in [2.24, 2.45) is 0 Å². The normalized spacial score (nSPS) is 18.5. The van der Waals surface area contributed by atoms with Crippen LogP contribution in [0.4, 0.5) is 22.0 Å². The smallest absolute Gasteiger partial charge is 0.350 e. The Balaban J connectivity index is 1.50. The maximum atomic E-state index is 14.2. The van der Waals surface area contributed by atoms with E-state index < -0.39 is 52.2 Å². The fraction of sp³-hybridized carbons (Fsp3) is 0.250. The molecule has 2 aromatic carbocycles. The van der Waals surface area contributed by atoms with Crippen LogP contribution in [0.1, 0.15) is 23.2 Å². The topological polar surface area (TPSA) is 84.3 Å². The van der Waals surface area contributed by atoms with Gasteiger partial charge >= 0.3 is 6.18 Å². The number of terminal acetylenes is 1. The van der Waals surface area contributed by atoms with E-state index in [1.54, 1.807) is 0 Å². The summed E-state index contributed by atoms with van der Waals surface area (Å²) in [6.07, 6.45) is 0.422. The number of halogens is 5. The van der Waals surface area contributed by atoms with Gasteiger partial charge in [0.2, 0.25) is 15.9 Å². The van der Waals surface area contributed by atoms with Gasteiger partial charge in [-0.05, 0) is 54.5 Å². The van der Waals surface area contributed by atoms with Crippen LogP contribution in [-0.2, 0) is 27.5 Å². The quantitative estimate of drug-likeness (QED) is 0.385. The minimum atomic E-state index is -4.50. The molecule has 4 rings (SSSR count). The Morgan fingerprint density at radius 1 is 1.14 bits per heavy atom. The first-order valence-electron chi connectivity index (χ1n) is 10.8. The van der Waals surface area contributed by atoms with Crippen LogP contribution in [0.5, 0.6) is 0 Å². The third-order valence-corrected chi connectivity index (χ3v) is 7.66. The Hall–Kier alpha value is -3.76. The Bertz CT molecular complexity index is 1450. The lowest BCUT2D eigenvalue weighted by Gasteiger charge is -2.23. The van der Waals surface area contributed by atoms with Gasteiger partial charge in [-0.25, -0.2) is 21.9 Å². The van der Waals surface area contributed by atoms with Gasteiger partial charge in [-0.15, -0.1) is 6.42 Å². The lowest BCUT2D eigenvalue weighted by atomic mass is 10.2. The lowest BCUT2D eigenvalue weighted by molar-refractivity contribution is -0.137. The lowest BCUT2D eigenvalue weighted by Crippen LogP contribution is -2.45. The van der Waals surface area contributed by atoms with Crippen LogP contribution in [0.3, 0.4) is 0 Å². The highest BCUT2D eigenvalue weighted by Gasteiger charge is 2.44. The van der Waals surface area contributed by atoms with E-state index in [-0.39, 0.29) is 29.2 Å². The second-order valence-corrected chi connectivity index (χ2v) is 10.1. The number of aromatic nitrogens is 2. The zero-order valence-electron chi connectivity index (χ0n) is 18.9. The summed E-state index contributed by atoms with van der Waals surface area (Å²) in [6, 6.07) is 6.77. The van der Waals surface area contributed by atoms with Gasteiger partial charge in [-0.2, -0.15) is 22.6 Å². The van der Waals surface area contributed by atoms with E-state index in [4.69, 9.17) is 6.42 Å². The van der Waals surface area contributed by atoms with Gasteiger partial charge in [-0.3, -0.25) is 4.79 Å². The molecule has 7 nitrogen and oxygen atoms in total. The SMILES string of the molecule is C#Cc1nn(-c2ccc(C(F)(F)F)cc2)cc1CNC(=O)[C@@H]1C[C@@H](F)CN1S(=O)(=O)c1ccc(F)cc1. The number of alkyl halides is 4. The summed E-state index contributed by atoms with van der Waals surface area (Å²) in [5.41, 5.74) is -0.116. The predicted octanol–water partition coefficient (Wildman–Crippen LogP) is 3.43. The highest BCUT2D eigenvalue weighted by molar-refractivity contribution is 7.89. The average molecular weight is 538 g/mol. The van der Waals surface area contributed by atoms with Crippen molar-refractivity contribution in [3.63, 3.8) is 0 Å². The molecule has 0 spiro atoms. The van der Waals surface area contributed by atoms with Crippen molar-refractivity contribution in [2.45, 2.75) is 36.3 Å². The summed E-state index contributed by atoms with van der Waals surface area (Å²) < 4.78 is 93.8. The minimum Gasteiger partial charge on any atom is -0.350 e. The van der Waals surface area contributed by atoms with Crippen LogP contribution in [0.25, 0.3) is 5.69 Å². The molecule has 0 bridgehead atoms. The second-order valence-electron chi connectivity index (χ2n) is 8.23. The van der Waals surface area contributed by atoms with E-state index >= 15 is 0 Å². The second kappa shape index (κ2) is 9.95. The van der Waals surface area contributed by atoms with Gasteiger partial charge in [-0.1, -0.05) is 0 Å². The number of hydrogen-bond donors (Lipinski definition) is 1. The molecule has 0 saturated carbocycles. The maximum absolute atomic E-state index is 14.2. The van der Waals surface area contributed by atoms with Gasteiger partial charge in [0.15, 0.2) is 0 Å². The fourth-order valence-corrected chi connectivity index (χ4v) is 5.52. The number of sulfonamides is 1. The van der Waals surface area contributed by atoms with Crippen LogP contribution in [0, 0.1) is 18.2 Å². The number of nitrogens with one attached hydrogen (secondary N) is 1. The number of carbonyl (C=O) groups is 1. The first-order chi connectivity index (χ1) is 17.4. The molecule has 1 fully saturated rings. The fourth-order valence-electron chi connectivity index (χ4n) is 3.90. The molecule has 3 aromatic rings. The number of rotatable bonds is 6. The highest BCUT2D eigenvalue weighted by Crippen LogP contribution is 2.30. The first kappa shape index (κ1) is 26.3. The summed E-state index contributed by atoms with van der Waals surface area (Å²) in [5, 5.41) is 6.65. The standard InChI is InChI=1S/C24H19F5N4O3S/c1-2-21-15(13-32(31-21)19-7-3-16(4-8-19)24(27,28)29)12-30-23(34)22-11-18(26)14-33(22)37(35,36)20-9-5-17(25)6-10-20/h1,3-10,13,18,22H,11-12,14H2,(H,30,34)/t18-,22+/m1/s1. The minimum absolute atomic E-state index is 0.103. The summed E-state index contributed by atoms with van der Waals surface area (Å²) in [5.74, 6) is 0.886. The van der Waals surface area contributed by atoms with Crippen molar-refractivity contribution < 1.29 is 35.2 Å². The molecule has 1 aliphatic heterocycles. The molecule has 1 amide bonds. The van der Waals surface area contributed by atoms with Crippen LogP contribution < -0.4 is 5.32 Å². The van der Waals surface area contributed by atoms with Crippen LogP contribution in [-0.4, -0.2) is 47.2 Å². The van der Waals surface area contributed by atoms with E-state index in [2.05, 4.69) is 16.3 Å². The molecule has 1 N–H and O–H groups in total. The van der Waals surface area contributed by atoms with Crippen LogP contribution in [0.2, 0.25) is 0 Å². The van der Waals surface area contributed by atoms with E-state index in [0.29, 0.717) is 5.56 Å². The monoisotopic (exact) mass is 538 g/mol. The number of nitrogens with zero attached hydrogens (tertiary/aromatic N) is 3. The molecule has 0 radical (unpaired) electrons. The molecule has 13 heteroatoms. The molecule has 1 saturated heterocycles. The number of benzene rings is 2. The van der Waals surface area contributed by atoms with E-state index in [9.17, 15) is 35.2 Å². The molecular weight excluding hydrogens is 519 g/mol. The third-order valence-electron chi connectivity index (χ3n) is 5.77. The number of hydrogen-bond acceptors (Lipinski definition) is 4. The largest absolute Gasteiger partial charge is 0.416 e. The zero-order chi connectivity index (χ0) is 27.0. The Morgan fingerprint density at radius 3 is 2.38 bits per heavy atom. The molecular formula is C24H19F5N4O3S. The van der Waals surface area contributed by atoms with Crippen molar-refractivity contribution in [3.05, 3.63) is 77.4 Å². The van der Waals surface area contributed by atoms with Gasteiger partial charge in [0.05, 0.1) is 16.1 Å². The summed E-state index contributed by atoms with van der Waals surface area (Å²) in [7, 11) is -4.29. The van der Waals surface area contributed by atoms with E-state index in [1.165, 1.54) is 23.0 Å². The average Bonchev–Trinajstić information content (AvgIpc) is 3.46. The number of carbonyl (C=O) groups excluding carboxylic acids is 1. The molecule has 2 heterocycles. The molecule has 0 aliphatic carbocycles. The van der Waals surface area contributed by atoms with Crippen LogP contribution in [0.15, 0.2) is 59.6 Å². The van der Waals surface area contributed by atoms with Crippen molar-refractivity contribution in [2.75, 3.05) is 6.54 Å². The highest BCUT2D eigenvalue weighted by atomic mass is 32.2. The molecule has 0 unspecified atom stereocenters. The van der Waals surface area contributed by atoms with Gasteiger partial charge < -0.3 is 5.32 Å². The van der Waals surface area contributed by atoms with E-state index in [0.717, 1.165) is 40.7 Å². The summed E-state index contributed by atoms with van der Waals surface area (Å²) in [6.45, 7) is -0.740. The number of amides is 1. The van der Waals surface area contributed by atoms with Crippen molar-refractivity contribution >= 4 is 15.9 Å². The Morgan fingerprint density at radius 2 is 1.78 bits per heavy atom. The van der Waals surface area contributed by atoms with E-state index in [1.807, 2.05) is 0 Å². The molecule has 1 aromatic heterocycles. The zero-order valence-corrected chi connectivity index (χ0v) is 19.7. The van der Waals surface area contributed by atoms with Crippen molar-refractivity contribution in [1.82, 2.24) is 19.4 Å². The predicted molar refractivity (Wildman–Crippen MR) is 122 cm³/mol. The molecule has 1 aliphatic rings. The third kappa shape index (κ3) is 5.50. The summed E-state index contributed by atoms with van der Waals surface area (Å²) >= 11 is 0. The van der Waals surface area contributed by atoms with Crippen molar-refractivity contribution in [3.8, 4) is 18.0 Å². The first-order valence-corrected chi connectivity index (χ1v) is 12.3. The van der Waals surface area contributed by atoms with Crippen LogP contribution >= 0.6 is 0 Å².